The molecule has 2 aliphatic rings. The van der Waals surface area contributed by atoms with Crippen LogP contribution < -0.4 is 5.32 Å². The summed E-state index contributed by atoms with van der Waals surface area (Å²) in [6.45, 7) is 2.07. The molecule has 0 amide bonds. The summed E-state index contributed by atoms with van der Waals surface area (Å²) in [6.07, 6.45) is 6.41. The molecule has 1 fully saturated rings. The van der Waals surface area contributed by atoms with E-state index in [0.29, 0.717) is 6.04 Å². The molecule has 0 saturated carbocycles. The van der Waals surface area contributed by atoms with Crippen molar-refractivity contribution in [3.05, 3.63) is 17.0 Å². The number of piperidine rings is 1. The normalized spacial score (nSPS) is 21.0. The second-order valence-corrected chi connectivity index (χ2v) is 4.71. The van der Waals surface area contributed by atoms with E-state index in [9.17, 15) is 4.79 Å². The molecule has 86 valence electrons. The fourth-order valence-electron chi connectivity index (χ4n) is 2.89. The van der Waals surface area contributed by atoms with E-state index in [0.717, 1.165) is 57.2 Å². The second kappa shape index (κ2) is 4.01. The van der Waals surface area contributed by atoms with Crippen LogP contribution in [0.3, 0.4) is 0 Å². The van der Waals surface area contributed by atoms with Crippen molar-refractivity contribution < 1.29 is 4.79 Å². The van der Waals surface area contributed by atoms with Crippen LogP contribution in [-0.2, 0) is 12.8 Å². The SMILES string of the molecule is O=Cc1c2c(nn1C1CCNCC1)CCC2. The first-order chi connectivity index (χ1) is 7.90. The van der Waals surface area contributed by atoms with Gasteiger partial charge in [0.2, 0.25) is 0 Å². The highest BCUT2D eigenvalue weighted by Crippen LogP contribution is 2.28. The van der Waals surface area contributed by atoms with E-state index in [1.54, 1.807) is 0 Å². The van der Waals surface area contributed by atoms with E-state index in [2.05, 4.69) is 10.4 Å². The van der Waals surface area contributed by atoms with E-state index < -0.39 is 0 Å². The molecule has 1 saturated heterocycles. The van der Waals surface area contributed by atoms with Gasteiger partial charge >= 0.3 is 0 Å². The topological polar surface area (TPSA) is 46.9 Å². The van der Waals surface area contributed by atoms with E-state index in [4.69, 9.17) is 0 Å². The molecule has 1 aliphatic carbocycles. The Kier molecular flexibility index (Phi) is 2.52. The van der Waals surface area contributed by atoms with Crippen LogP contribution in [0.2, 0.25) is 0 Å². The zero-order chi connectivity index (χ0) is 11.0. The predicted molar refractivity (Wildman–Crippen MR) is 60.8 cm³/mol. The van der Waals surface area contributed by atoms with Crippen LogP contribution in [0.5, 0.6) is 0 Å². The van der Waals surface area contributed by atoms with Crippen LogP contribution in [0, 0.1) is 0 Å². The summed E-state index contributed by atoms with van der Waals surface area (Å²) in [5.74, 6) is 0. The summed E-state index contributed by atoms with van der Waals surface area (Å²) in [5, 5.41) is 7.98. The summed E-state index contributed by atoms with van der Waals surface area (Å²) in [6, 6.07) is 0.423. The first kappa shape index (κ1) is 10.0. The first-order valence-corrected chi connectivity index (χ1v) is 6.16. The molecule has 3 rings (SSSR count). The molecule has 0 spiro atoms. The van der Waals surface area contributed by atoms with Crippen molar-refractivity contribution in [2.75, 3.05) is 13.1 Å². The van der Waals surface area contributed by atoms with Gasteiger partial charge in [0.05, 0.1) is 11.7 Å². The Morgan fingerprint density at radius 1 is 1.31 bits per heavy atom. The lowest BCUT2D eigenvalue weighted by Crippen LogP contribution is -2.30. The average molecular weight is 219 g/mol. The van der Waals surface area contributed by atoms with Crippen LogP contribution >= 0.6 is 0 Å². The third-order valence-corrected chi connectivity index (χ3v) is 3.74. The van der Waals surface area contributed by atoms with E-state index >= 15 is 0 Å². The van der Waals surface area contributed by atoms with Gasteiger partial charge in [0.15, 0.2) is 6.29 Å². The molecule has 0 unspecified atom stereocenters. The van der Waals surface area contributed by atoms with Gasteiger partial charge < -0.3 is 5.32 Å². The van der Waals surface area contributed by atoms with Gasteiger partial charge in [0.1, 0.15) is 5.69 Å². The summed E-state index contributed by atoms with van der Waals surface area (Å²) in [4.78, 5) is 11.2. The van der Waals surface area contributed by atoms with Crippen molar-refractivity contribution in [2.24, 2.45) is 0 Å². The number of fused-ring (bicyclic) bond motifs is 1. The minimum atomic E-state index is 0.423. The van der Waals surface area contributed by atoms with Crippen LogP contribution in [0.1, 0.15) is 47.1 Å². The lowest BCUT2D eigenvalue weighted by atomic mass is 10.1. The number of rotatable bonds is 2. The lowest BCUT2D eigenvalue weighted by molar-refractivity contribution is 0.110. The molecule has 1 N–H and O–H groups in total. The number of carbonyl (C=O) groups excluding carboxylic acids is 1. The van der Waals surface area contributed by atoms with Crippen LogP contribution in [-0.4, -0.2) is 29.2 Å². The maximum atomic E-state index is 11.2. The van der Waals surface area contributed by atoms with Crippen LogP contribution in [0.15, 0.2) is 0 Å². The highest BCUT2D eigenvalue weighted by atomic mass is 16.1. The van der Waals surface area contributed by atoms with Crippen LogP contribution in [0.25, 0.3) is 0 Å². The highest BCUT2D eigenvalue weighted by molar-refractivity contribution is 5.75. The molecule has 1 aromatic heterocycles. The number of aldehydes is 1. The van der Waals surface area contributed by atoms with Gasteiger partial charge in [0.25, 0.3) is 0 Å². The Morgan fingerprint density at radius 3 is 2.88 bits per heavy atom. The summed E-state index contributed by atoms with van der Waals surface area (Å²) < 4.78 is 2.00. The van der Waals surface area contributed by atoms with Gasteiger partial charge in [-0.05, 0) is 45.2 Å². The maximum Gasteiger partial charge on any atom is 0.168 e. The highest BCUT2D eigenvalue weighted by Gasteiger charge is 2.26. The molecule has 0 radical (unpaired) electrons. The molecule has 4 nitrogen and oxygen atoms in total. The molecule has 4 heteroatoms. The molecule has 1 aromatic rings. The minimum absolute atomic E-state index is 0.423. The number of nitrogens with zero attached hydrogens (tertiary/aromatic N) is 2. The van der Waals surface area contributed by atoms with Gasteiger partial charge in [-0.25, -0.2) is 0 Å². The fraction of sp³-hybridized carbons (Fsp3) is 0.667. The number of hydrogen-bond acceptors (Lipinski definition) is 3. The first-order valence-electron chi connectivity index (χ1n) is 6.16. The van der Waals surface area contributed by atoms with Crippen molar-refractivity contribution in [3.8, 4) is 0 Å². The van der Waals surface area contributed by atoms with Crippen LogP contribution in [0.4, 0.5) is 0 Å². The molecule has 0 aromatic carbocycles. The smallest absolute Gasteiger partial charge is 0.168 e. The van der Waals surface area contributed by atoms with E-state index in [1.165, 1.54) is 11.3 Å². The lowest BCUT2D eigenvalue weighted by Gasteiger charge is -2.24. The summed E-state index contributed by atoms with van der Waals surface area (Å²) in [7, 11) is 0. The average Bonchev–Trinajstić information content (AvgIpc) is 2.89. The number of nitrogens with one attached hydrogen (secondary N) is 1. The van der Waals surface area contributed by atoms with E-state index in [1.807, 2.05) is 4.68 Å². The molecule has 2 heterocycles. The van der Waals surface area contributed by atoms with Gasteiger partial charge in [-0.3, -0.25) is 9.48 Å². The number of aryl methyl sites for hydroxylation is 1. The van der Waals surface area contributed by atoms with Gasteiger partial charge in [-0.1, -0.05) is 0 Å². The molecule has 1 aliphatic heterocycles. The Balaban J connectivity index is 1.96. The van der Waals surface area contributed by atoms with Crippen molar-refractivity contribution in [1.29, 1.82) is 0 Å². The Labute approximate surface area is 95.0 Å². The number of carbonyl (C=O) groups is 1. The zero-order valence-corrected chi connectivity index (χ0v) is 9.41. The standard InChI is InChI=1S/C12H17N3O/c16-8-12-10-2-1-3-11(10)14-15(12)9-4-6-13-7-5-9/h8-9,13H,1-7H2. The number of aromatic nitrogens is 2. The third-order valence-electron chi connectivity index (χ3n) is 3.74. The molecular weight excluding hydrogens is 202 g/mol. The summed E-state index contributed by atoms with van der Waals surface area (Å²) >= 11 is 0. The van der Waals surface area contributed by atoms with Crippen molar-refractivity contribution in [2.45, 2.75) is 38.1 Å². The molecular formula is C12H17N3O. The second-order valence-electron chi connectivity index (χ2n) is 4.71. The zero-order valence-electron chi connectivity index (χ0n) is 9.41. The maximum absolute atomic E-state index is 11.2. The minimum Gasteiger partial charge on any atom is -0.317 e. The predicted octanol–water partition coefficient (Wildman–Crippen LogP) is 1.11. The quantitative estimate of drug-likeness (QED) is 0.758. The van der Waals surface area contributed by atoms with Gasteiger partial charge in [-0.2, -0.15) is 5.10 Å². The van der Waals surface area contributed by atoms with Crippen molar-refractivity contribution in [1.82, 2.24) is 15.1 Å². The fourth-order valence-corrected chi connectivity index (χ4v) is 2.89. The monoisotopic (exact) mass is 219 g/mol. The number of hydrogen-bond donors (Lipinski definition) is 1. The van der Waals surface area contributed by atoms with E-state index in [-0.39, 0.29) is 0 Å². The third kappa shape index (κ3) is 1.48. The largest absolute Gasteiger partial charge is 0.317 e. The van der Waals surface area contributed by atoms with Gasteiger partial charge in [0, 0.05) is 5.56 Å². The van der Waals surface area contributed by atoms with Crippen molar-refractivity contribution >= 4 is 6.29 Å². The molecule has 0 atom stereocenters. The molecule has 0 bridgehead atoms. The van der Waals surface area contributed by atoms with Gasteiger partial charge in [-0.15, -0.1) is 0 Å². The Hall–Kier alpha value is -1.16. The summed E-state index contributed by atoms with van der Waals surface area (Å²) in [5.41, 5.74) is 3.23. The molecule has 16 heavy (non-hydrogen) atoms. The van der Waals surface area contributed by atoms with Crippen molar-refractivity contribution in [3.63, 3.8) is 0 Å². The Morgan fingerprint density at radius 2 is 2.12 bits per heavy atom. The Bertz CT molecular complexity index is 405.